The van der Waals surface area contributed by atoms with Gasteiger partial charge >= 0.3 is 5.69 Å². The summed E-state index contributed by atoms with van der Waals surface area (Å²) in [5.74, 6) is 0.277. The van der Waals surface area contributed by atoms with Crippen molar-refractivity contribution in [3.8, 4) is 11.5 Å². The van der Waals surface area contributed by atoms with Gasteiger partial charge in [0.2, 0.25) is 0 Å². The maximum Gasteiger partial charge on any atom is 0.349 e. The number of hydrogen-bond acceptors (Lipinski definition) is 5. The summed E-state index contributed by atoms with van der Waals surface area (Å²) in [6.45, 7) is 4.64. The molecule has 1 unspecified atom stereocenters. The van der Waals surface area contributed by atoms with E-state index < -0.39 is 11.2 Å². The summed E-state index contributed by atoms with van der Waals surface area (Å²) in [7, 11) is 1.67. The molecule has 0 saturated heterocycles. The Balaban J connectivity index is 1.90. The van der Waals surface area contributed by atoms with Gasteiger partial charge < -0.3 is 9.30 Å². The van der Waals surface area contributed by atoms with Crippen LogP contribution in [0.15, 0.2) is 52.1 Å². The number of hydrogen-bond donors (Lipinski definition) is 1. The molecule has 7 nitrogen and oxygen atoms in total. The third kappa shape index (κ3) is 4.27. The van der Waals surface area contributed by atoms with Gasteiger partial charge in [0.1, 0.15) is 0 Å². The number of fused-ring (bicyclic) bond motifs is 2. The predicted octanol–water partition coefficient (Wildman–Crippen LogP) is 3.10. The fourth-order valence-electron chi connectivity index (χ4n) is 4.02. The quantitative estimate of drug-likeness (QED) is 0.466. The second-order valence-electron chi connectivity index (χ2n) is 7.83. The van der Waals surface area contributed by atoms with Crippen LogP contribution >= 0.6 is 0 Å². The summed E-state index contributed by atoms with van der Waals surface area (Å²) >= 11 is 0. The van der Waals surface area contributed by atoms with Crippen LogP contribution in [0, 0.1) is 6.92 Å². The van der Waals surface area contributed by atoms with Gasteiger partial charge in [0, 0.05) is 13.5 Å². The van der Waals surface area contributed by atoms with E-state index in [9.17, 15) is 9.59 Å². The highest BCUT2D eigenvalue weighted by Crippen LogP contribution is 2.25. The molecule has 0 fully saturated rings. The zero-order valence-corrected chi connectivity index (χ0v) is 18.0. The monoisotopic (exact) mass is 418 g/mol. The molecule has 2 aliphatic rings. The first-order valence-corrected chi connectivity index (χ1v) is 10.5. The second-order valence-corrected chi connectivity index (χ2v) is 7.83. The van der Waals surface area contributed by atoms with Crippen molar-refractivity contribution < 1.29 is 4.74 Å². The van der Waals surface area contributed by atoms with Gasteiger partial charge in [-0.25, -0.2) is 9.78 Å². The van der Waals surface area contributed by atoms with Crippen LogP contribution in [-0.4, -0.2) is 32.7 Å². The first kappa shape index (κ1) is 20.9. The lowest BCUT2D eigenvalue weighted by molar-refractivity contribution is 0.0890. The van der Waals surface area contributed by atoms with E-state index in [1.807, 2.05) is 28.8 Å². The summed E-state index contributed by atoms with van der Waals surface area (Å²) < 4.78 is 7.67. The Morgan fingerprint density at radius 1 is 1.13 bits per heavy atom. The minimum absolute atomic E-state index is 0.160. The molecule has 160 valence electrons. The smallest absolute Gasteiger partial charge is 0.349 e. The Labute approximate surface area is 180 Å². The van der Waals surface area contributed by atoms with Crippen LogP contribution < -0.4 is 11.2 Å². The van der Waals surface area contributed by atoms with Crippen molar-refractivity contribution in [1.82, 2.24) is 19.5 Å². The van der Waals surface area contributed by atoms with Crippen LogP contribution in [0.25, 0.3) is 22.6 Å². The highest BCUT2D eigenvalue weighted by atomic mass is 16.5. The van der Waals surface area contributed by atoms with E-state index in [0.29, 0.717) is 18.5 Å². The minimum atomic E-state index is -0.677. The Kier molecular flexibility index (Phi) is 5.95. The lowest BCUT2D eigenvalue weighted by Gasteiger charge is -2.22. The number of aryl methyl sites for hydroxylation is 2. The first-order chi connectivity index (χ1) is 15.0. The number of benzene rings is 2. The van der Waals surface area contributed by atoms with Gasteiger partial charge in [-0.3, -0.25) is 9.78 Å². The van der Waals surface area contributed by atoms with Gasteiger partial charge in [-0.15, -0.1) is 0 Å². The Hall–Kier alpha value is -3.32. The molecule has 2 aromatic rings. The summed E-state index contributed by atoms with van der Waals surface area (Å²) in [5, 5.41) is 0. The number of aromatic amines is 1. The van der Waals surface area contributed by atoms with Crippen LogP contribution in [0.3, 0.4) is 0 Å². The molecule has 0 spiro atoms. The number of nitrogens with one attached hydrogen (secondary N) is 1. The molecule has 4 rings (SSSR count). The van der Waals surface area contributed by atoms with Crippen LogP contribution in [-0.2, 0) is 24.1 Å². The molecule has 2 heterocycles. The lowest BCUT2D eigenvalue weighted by Crippen LogP contribution is -2.31. The Morgan fingerprint density at radius 3 is 2.61 bits per heavy atom. The standard InChI is InChI=1S/C24H26N4O3/c1-4-8-17-13-19-20(11-15(17)2)28(22-21(25-19)23(29)27-24(30)26-22)14-18(31-3)12-16-9-6-5-7-10-16/h5-7,9-11,13,18H,4,8,12,14H2,1-3H3,(H,27,29,30). The number of H-pyrrole nitrogens is 1. The lowest BCUT2D eigenvalue weighted by atomic mass is 10.0. The zero-order chi connectivity index (χ0) is 22.0. The number of aromatic nitrogens is 4. The highest BCUT2D eigenvalue weighted by molar-refractivity contribution is 5.81. The molecule has 1 N–H and O–H groups in total. The van der Waals surface area contributed by atoms with Crippen LogP contribution in [0.2, 0.25) is 0 Å². The van der Waals surface area contributed by atoms with E-state index >= 15 is 0 Å². The highest BCUT2D eigenvalue weighted by Gasteiger charge is 2.22. The Bertz CT molecular complexity index is 1290. The number of nitrogens with zero attached hydrogens (tertiary/aromatic N) is 3. The fourth-order valence-corrected chi connectivity index (χ4v) is 4.02. The summed E-state index contributed by atoms with van der Waals surface area (Å²) in [6, 6.07) is 14.2. The fraction of sp³-hybridized carbons (Fsp3) is 0.333. The predicted molar refractivity (Wildman–Crippen MR) is 121 cm³/mol. The largest absolute Gasteiger partial charge is 0.379 e. The van der Waals surface area contributed by atoms with Gasteiger partial charge in [0.25, 0.3) is 5.56 Å². The molecule has 0 aliphatic carbocycles. The van der Waals surface area contributed by atoms with Gasteiger partial charge in [0.05, 0.1) is 23.7 Å². The second kappa shape index (κ2) is 8.81. The van der Waals surface area contributed by atoms with Crippen molar-refractivity contribution in [2.75, 3.05) is 7.11 Å². The van der Waals surface area contributed by atoms with Gasteiger partial charge in [-0.2, -0.15) is 4.98 Å². The Morgan fingerprint density at radius 2 is 1.90 bits per heavy atom. The van der Waals surface area contributed by atoms with Crippen molar-refractivity contribution in [2.24, 2.45) is 0 Å². The topological polar surface area (TPSA) is 89.9 Å². The van der Waals surface area contributed by atoms with Gasteiger partial charge in [-0.05, 0) is 42.2 Å². The van der Waals surface area contributed by atoms with E-state index in [1.165, 1.54) is 5.56 Å². The third-order valence-corrected chi connectivity index (χ3v) is 5.61. The summed E-state index contributed by atoms with van der Waals surface area (Å²) in [4.78, 5) is 35.4. The van der Waals surface area contributed by atoms with Crippen molar-refractivity contribution in [3.05, 3.63) is 80.0 Å². The normalized spacial score (nSPS) is 12.5. The van der Waals surface area contributed by atoms with E-state index in [4.69, 9.17) is 4.74 Å². The maximum atomic E-state index is 12.5. The SMILES string of the molecule is CCCc1cc2nc3c(=O)[nH]c(=O)nc-3n(CC(Cc3ccccc3)OC)c2cc1C. The molecule has 7 heteroatoms. The first-order valence-electron chi connectivity index (χ1n) is 10.5. The minimum Gasteiger partial charge on any atom is -0.379 e. The molecule has 2 aromatic carbocycles. The van der Waals surface area contributed by atoms with Crippen LogP contribution in [0.5, 0.6) is 0 Å². The van der Waals surface area contributed by atoms with Crippen molar-refractivity contribution in [1.29, 1.82) is 0 Å². The zero-order valence-electron chi connectivity index (χ0n) is 18.0. The van der Waals surface area contributed by atoms with E-state index in [2.05, 4.69) is 47.0 Å². The molecule has 0 bridgehead atoms. The van der Waals surface area contributed by atoms with Crippen LogP contribution in [0.1, 0.15) is 30.0 Å². The van der Waals surface area contributed by atoms with Crippen molar-refractivity contribution in [3.63, 3.8) is 0 Å². The maximum absolute atomic E-state index is 12.5. The summed E-state index contributed by atoms with van der Waals surface area (Å²) in [5.41, 5.74) is 3.99. The number of methoxy groups -OCH3 is 1. The van der Waals surface area contributed by atoms with E-state index in [1.54, 1.807) is 7.11 Å². The number of rotatable bonds is 7. The molecular weight excluding hydrogens is 392 g/mol. The van der Waals surface area contributed by atoms with Crippen molar-refractivity contribution in [2.45, 2.75) is 45.8 Å². The average Bonchev–Trinajstić information content (AvgIpc) is 2.75. The molecular formula is C24H26N4O3. The molecule has 2 aliphatic heterocycles. The molecule has 0 saturated carbocycles. The van der Waals surface area contributed by atoms with Gasteiger partial charge in [-0.1, -0.05) is 43.7 Å². The average molecular weight is 418 g/mol. The van der Waals surface area contributed by atoms with E-state index in [-0.39, 0.29) is 17.6 Å². The number of ether oxygens (including phenoxy) is 1. The van der Waals surface area contributed by atoms with E-state index in [0.717, 1.165) is 29.5 Å². The van der Waals surface area contributed by atoms with Crippen molar-refractivity contribution >= 4 is 11.0 Å². The molecule has 1 atom stereocenters. The van der Waals surface area contributed by atoms with Gasteiger partial charge in [0.15, 0.2) is 11.5 Å². The molecule has 0 aromatic heterocycles. The molecule has 0 amide bonds. The third-order valence-electron chi connectivity index (χ3n) is 5.61. The molecule has 31 heavy (non-hydrogen) atoms. The molecule has 0 radical (unpaired) electrons. The summed E-state index contributed by atoms with van der Waals surface area (Å²) in [6.07, 6.45) is 2.47. The van der Waals surface area contributed by atoms with Crippen LogP contribution in [0.4, 0.5) is 0 Å².